The third kappa shape index (κ3) is 4.94. The van der Waals surface area contributed by atoms with Gasteiger partial charge in [0.1, 0.15) is 11.6 Å². The van der Waals surface area contributed by atoms with Crippen molar-refractivity contribution in [2.45, 2.75) is 19.4 Å². The van der Waals surface area contributed by atoms with Crippen LogP contribution in [-0.2, 0) is 6.54 Å². The van der Waals surface area contributed by atoms with E-state index in [0.717, 1.165) is 39.0 Å². The van der Waals surface area contributed by atoms with Gasteiger partial charge in [-0.1, -0.05) is 17.7 Å². The molecule has 0 aliphatic carbocycles. The van der Waals surface area contributed by atoms with Crippen molar-refractivity contribution >= 4 is 11.6 Å². The molecule has 1 fully saturated rings. The van der Waals surface area contributed by atoms with Gasteiger partial charge in [0.15, 0.2) is 0 Å². The highest BCUT2D eigenvalue weighted by Crippen LogP contribution is 2.19. The average Bonchev–Trinajstić information content (AvgIpc) is 2.97. The van der Waals surface area contributed by atoms with Crippen LogP contribution >= 0.6 is 11.6 Å². The molecular weight excluding hydrogens is 317 g/mol. The lowest BCUT2D eigenvalue weighted by molar-refractivity contribution is 0.126. The molecular formula is C17H21ClFN3O. The predicted octanol–water partition coefficient (Wildman–Crippen LogP) is 3.47. The van der Waals surface area contributed by atoms with Crippen LogP contribution in [0, 0.1) is 11.7 Å². The summed E-state index contributed by atoms with van der Waals surface area (Å²) in [4.78, 5) is 2.43. The van der Waals surface area contributed by atoms with Crippen molar-refractivity contribution in [1.82, 2.24) is 14.7 Å². The molecule has 2 aromatic rings. The molecule has 0 N–H and O–H groups in total. The van der Waals surface area contributed by atoms with Crippen molar-refractivity contribution in [2.24, 2.45) is 5.92 Å². The van der Waals surface area contributed by atoms with Gasteiger partial charge < -0.3 is 9.64 Å². The topological polar surface area (TPSA) is 30.3 Å². The Hall–Kier alpha value is -1.59. The van der Waals surface area contributed by atoms with Gasteiger partial charge in [-0.25, -0.2) is 4.39 Å². The summed E-state index contributed by atoms with van der Waals surface area (Å²) in [6, 6.07) is 6.33. The quantitative estimate of drug-likeness (QED) is 0.808. The fraction of sp³-hybridized carbons (Fsp3) is 0.471. The second-order valence-electron chi connectivity index (χ2n) is 6.00. The molecule has 23 heavy (non-hydrogen) atoms. The zero-order valence-electron chi connectivity index (χ0n) is 13.0. The van der Waals surface area contributed by atoms with E-state index >= 15 is 0 Å². The lowest BCUT2D eigenvalue weighted by Crippen LogP contribution is -2.39. The third-order valence-electron chi connectivity index (χ3n) is 4.13. The minimum absolute atomic E-state index is 0.259. The van der Waals surface area contributed by atoms with Gasteiger partial charge >= 0.3 is 0 Å². The van der Waals surface area contributed by atoms with E-state index in [1.54, 1.807) is 18.3 Å². The van der Waals surface area contributed by atoms with Crippen molar-refractivity contribution in [3.63, 3.8) is 0 Å². The number of nitrogens with zero attached hydrogens (tertiary/aromatic N) is 3. The number of hydrogen-bond donors (Lipinski definition) is 0. The predicted molar refractivity (Wildman–Crippen MR) is 88.3 cm³/mol. The molecule has 1 unspecified atom stereocenters. The van der Waals surface area contributed by atoms with E-state index in [-0.39, 0.29) is 5.82 Å². The van der Waals surface area contributed by atoms with Gasteiger partial charge in [0, 0.05) is 31.3 Å². The van der Waals surface area contributed by atoms with Crippen LogP contribution in [0.4, 0.5) is 4.39 Å². The van der Waals surface area contributed by atoms with E-state index in [4.69, 9.17) is 16.3 Å². The Morgan fingerprint density at radius 1 is 1.35 bits per heavy atom. The van der Waals surface area contributed by atoms with Crippen molar-refractivity contribution in [3.05, 3.63) is 47.5 Å². The van der Waals surface area contributed by atoms with Crippen LogP contribution in [0.15, 0.2) is 36.7 Å². The van der Waals surface area contributed by atoms with Gasteiger partial charge in [0.25, 0.3) is 0 Å². The summed E-state index contributed by atoms with van der Waals surface area (Å²) in [5.74, 6) is 0.826. The monoisotopic (exact) mass is 337 g/mol. The highest BCUT2D eigenvalue weighted by atomic mass is 35.5. The molecule has 1 aromatic heterocycles. The third-order valence-corrected chi connectivity index (χ3v) is 4.33. The number of piperidine rings is 1. The molecule has 3 rings (SSSR count). The molecule has 2 heterocycles. The summed E-state index contributed by atoms with van der Waals surface area (Å²) >= 11 is 5.88. The lowest BCUT2D eigenvalue weighted by Gasteiger charge is -2.32. The maximum Gasteiger partial charge on any atom is 0.126 e. The van der Waals surface area contributed by atoms with Gasteiger partial charge in [0.05, 0.1) is 24.4 Å². The Labute approximate surface area is 140 Å². The molecule has 1 aliphatic rings. The van der Waals surface area contributed by atoms with E-state index in [1.807, 2.05) is 10.9 Å². The molecule has 1 aromatic carbocycles. The molecule has 1 aliphatic heterocycles. The normalized spacial score (nSPS) is 19.0. The lowest BCUT2D eigenvalue weighted by atomic mass is 9.99. The second kappa shape index (κ2) is 7.79. The highest BCUT2D eigenvalue weighted by Gasteiger charge is 2.20. The van der Waals surface area contributed by atoms with E-state index in [0.29, 0.717) is 23.3 Å². The van der Waals surface area contributed by atoms with Gasteiger partial charge in [-0.2, -0.15) is 5.10 Å². The van der Waals surface area contributed by atoms with E-state index in [2.05, 4.69) is 10.00 Å². The molecule has 1 atom stereocenters. The van der Waals surface area contributed by atoms with Crippen LogP contribution < -0.4 is 4.74 Å². The summed E-state index contributed by atoms with van der Waals surface area (Å²) in [6.45, 7) is 4.53. The summed E-state index contributed by atoms with van der Waals surface area (Å²) in [5, 5.41) is 4.87. The maximum absolute atomic E-state index is 13.2. The summed E-state index contributed by atoms with van der Waals surface area (Å²) < 4.78 is 20.8. The highest BCUT2D eigenvalue weighted by molar-refractivity contribution is 6.30. The van der Waals surface area contributed by atoms with Gasteiger partial charge in [-0.3, -0.25) is 4.68 Å². The van der Waals surface area contributed by atoms with E-state index in [1.165, 1.54) is 12.1 Å². The first kappa shape index (κ1) is 16.3. The average molecular weight is 338 g/mol. The number of ether oxygens (including phenoxy) is 1. The first-order chi connectivity index (χ1) is 11.2. The fourth-order valence-corrected chi connectivity index (χ4v) is 3.12. The number of rotatable bonds is 6. The minimum Gasteiger partial charge on any atom is -0.493 e. The Balaban J connectivity index is 1.44. The Kier molecular flexibility index (Phi) is 5.51. The molecule has 0 saturated carbocycles. The summed E-state index contributed by atoms with van der Waals surface area (Å²) in [6.07, 6.45) is 5.82. The largest absolute Gasteiger partial charge is 0.493 e. The molecule has 0 spiro atoms. The van der Waals surface area contributed by atoms with Crippen LogP contribution in [0.5, 0.6) is 5.75 Å². The van der Waals surface area contributed by atoms with Crippen molar-refractivity contribution in [1.29, 1.82) is 0 Å². The van der Waals surface area contributed by atoms with E-state index < -0.39 is 0 Å². The van der Waals surface area contributed by atoms with Crippen molar-refractivity contribution in [3.8, 4) is 5.75 Å². The first-order valence-corrected chi connectivity index (χ1v) is 8.35. The number of benzene rings is 1. The Bertz CT molecular complexity index is 634. The Morgan fingerprint density at radius 3 is 3.04 bits per heavy atom. The van der Waals surface area contributed by atoms with Crippen LogP contribution in [0.25, 0.3) is 0 Å². The molecule has 6 heteroatoms. The van der Waals surface area contributed by atoms with Crippen LogP contribution in [0.3, 0.4) is 0 Å². The number of hydrogen-bond acceptors (Lipinski definition) is 3. The number of likely N-dealkylation sites (tertiary alicyclic amines) is 1. The standard InChI is InChI=1S/C17H21ClFN3O/c18-15-10-20-22(12-15)8-7-21-6-2-3-14(11-21)13-23-17-5-1-4-16(19)9-17/h1,4-5,9-10,12,14H,2-3,6-8,11,13H2. The molecule has 0 amide bonds. The number of aromatic nitrogens is 2. The van der Waals surface area contributed by atoms with E-state index in [9.17, 15) is 4.39 Å². The molecule has 124 valence electrons. The summed E-state index contributed by atoms with van der Waals surface area (Å²) in [5.41, 5.74) is 0. The maximum atomic E-state index is 13.2. The van der Waals surface area contributed by atoms with Crippen LogP contribution in [-0.4, -0.2) is 40.9 Å². The zero-order valence-corrected chi connectivity index (χ0v) is 13.8. The SMILES string of the molecule is Fc1cccc(OCC2CCCN(CCn3cc(Cl)cn3)C2)c1. The number of halogens is 2. The molecule has 4 nitrogen and oxygen atoms in total. The fourth-order valence-electron chi connectivity index (χ4n) is 2.97. The van der Waals surface area contributed by atoms with Crippen LogP contribution in [0.2, 0.25) is 5.02 Å². The Morgan fingerprint density at radius 2 is 2.26 bits per heavy atom. The molecule has 1 saturated heterocycles. The van der Waals surface area contributed by atoms with Crippen LogP contribution in [0.1, 0.15) is 12.8 Å². The van der Waals surface area contributed by atoms with Crippen molar-refractivity contribution in [2.75, 3.05) is 26.2 Å². The smallest absolute Gasteiger partial charge is 0.126 e. The van der Waals surface area contributed by atoms with Crippen molar-refractivity contribution < 1.29 is 9.13 Å². The van der Waals surface area contributed by atoms with Gasteiger partial charge in [-0.15, -0.1) is 0 Å². The minimum atomic E-state index is -0.259. The first-order valence-electron chi connectivity index (χ1n) is 7.98. The molecule has 0 radical (unpaired) electrons. The van der Waals surface area contributed by atoms with Gasteiger partial charge in [-0.05, 0) is 31.5 Å². The van der Waals surface area contributed by atoms with Gasteiger partial charge in [0.2, 0.25) is 0 Å². The molecule has 0 bridgehead atoms. The zero-order chi connectivity index (χ0) is 16.1. The second-order valence-corrected chi connectivity index (χ2v) is 6.44. The summed E-state index contributed by atoms with van der Waals surface area (Å²) in [7, 11) is 0.